The molecule has 7 heteroatoms. The number of nitrogens with one attached hydrogen (secondary N) is 2. The molecule has 1 aliphatic heterocycles. The molecule has 0 bridgehead atoms. The zero-order chi connectivity index (χ0) is 19.2. The van der Waals surface area contributed by atoms with E-state index in [1.54, 1.807) is 0 Å². The molecule has 0 atom stereocenters. The molecule has 0 radical (unpaired) electrons. The largest absolute Gasteiger partial charge is 0.486 e. The molecule has 2 aromatic rings. The van der Waals surface area contributed by atoms with Crippen molar-refractivity contribution < 1.29 is 19.1 Å². The van der Waals surface area contributed by atoms with Gasteiger partial charge in [0.05, 0.1) is 6.42 Å². The maximum Gasteiger partial charge on any atom is 0.226 e. The van der Waals surface area contributed by atoms with Gasteiger partial charge in [-0.1, -0.05) is 28.1 Å². The maximum atomic E-state index is 12.1. The summed E-state index contributed by atoms with van der Waals surface area (Å²) in [6.45, 7) is 3.25. The summed E-state index contributed by atoms with van der Waals surface area (Å²) >= 11 is 3.39. The molecule has 1 heterocycles. The third-order valence-electron chi connectivity index (χ3n) is 4.12. The highest BCUT2D eigenvalue weighted by molar-refractivity contribution is 9.10. The number of ether oxygens (including phenoxy) is 2. The van der Waals surface area contributed by atoms with Crippen LogP contribution in [0.4, 0.5) is 5.69 Å². The van der Waals surface area contributed by atoms with Crippen molar-refractivity contribution in [3.05, 3.63) is 52.0 Å². The van der Waals surface area contributed by atoms with Crippen LogP contribution in [0.15, 0.2) is 40.9 Å². The average molecular weight is 433 g/mol. The maximum absolute atomic E-state index is 12.1. The van der Waals surface area contributed by atoms with Gasteiger partial charge in [-0.05, 0) is 42.3 Å². The van der Waals surface area contributed by atoms with Crippen molar-refractivity contribution >= 4 is 33.4 Å². The standard InChI is InChI=1S/C20H21BrN2O4/c1-13-2-4-15(21)12-16(13)23-19(24)6-7-22-20(25)11-14-3-5-17-18(10-14)27-9-8-26-17/h2-5,10,12H,6-9,11H2,1H3,(H,22,25)(H,23,24). The predicted molar refractivity (Wildman–Crippen MR) is 106 cm³/mol. The van der Waals surface area contributed by atoms with Gasteiger partial charge in [0.15, 0.2) is 11.5 Å². The molecule has 27 heavy (non-hydrogen) atoms. The summed E-state index contributed by atoms with van der Waals surface area (Å²) in [4.78, 5) is 24.2. The van der Waals surface area contributed by atoms with Gasteiger partial charge in [-0.25, -0.2) is 0 Å². The molecule has 2 amide bonds. The Kier molecular flexibility index (Phi) is 6.34. The second kappa shape index (κ2) is 8.90. The zero-order valence-electron chi connectivity index (χ0n) is 15.0. The van der Waals surface area contributed by atoms with Crippen LogP contribution in [-0.4, -0.2) is 31.6 Å². The number of fused-ring (bicyclic) bond motifs is 1. The van der Waals surface area contributed by atoms with Crippen molar-refractivity contribution in [2.75, 3.05) is 25.1 Å². The van der Waals surface area contributed by atoms with Crippen molar-refractivity contribution in [2.45, 2.75) is 19.8 Å². The van der Waals surface area contributed by atoms with Crippen LogP contribution in [0.3, 0.4) is 0 Å². The summed E-state index contributed by atoms with van der Waals surface area (Å²) in [6, 6.07) is 11.2. The first-order chi connectivity index (χ1) is 13.0. The summed E-state index contributed by atoms with van der Waals surface area (Å²) in [5.41, 5.74) is 2.58. The highest BCUT2D eigenvalue weighted by Gasteiger charge is 2.13. The Morgan fingerprint density at radius 3 is 2.63 bits per heavy atom. The van der Waals surface area contributed by atoms with Gasteiger partial charge in [-0.15, -0.1) is 0 Å². The molecule has 0 aromatic heterocycles. The second-order valence-corrected chi connectivity index (χ2v) is 7.18. The van der Waals surface area contributed by atoms with Crippen molar-refractivity contribution in [3.63, 3.8) is 0 Å². The van der Waals surface area contributed by atoms with Crippen LogP contribution in [-0.2, 0) is 16.0 Å². The van der Waals surface area contributed by atoms with E-state index in [-0.39, 0.29) is 31.2 Å². The fraction of sp³-hybridized carbons (Fsp3) is 0.300. The Bertz CT molecular complexity index is 854. The van der Waals surface area contributed by atoms with Gasteiger partial charge in [0.25, 0.3) is 0 Å². The minimum absolute atomic E-state index is 0.141. The van der Waals surface area contributed by atoms with Crippen LogP contribution in [0, 0.1) is 6.92 Å². The molecule has 6 nitrogen and oxygen atoms in total. The summed E-state index contributed by atoms with van der Waals surface area (Å²) in [7, 11) is 0. The molecule has 0 aliphatic carbocycles. The summed E-state index contributed by atoms with van der Waals surface area (Å²) in [5.74, 6) is 1.08. The minimum atomic E-state index is -0.143. The van der Waals surface area contributed by atoms with Gasteiger partial charge < -0.3 is 20.1 Å². The van der Waals surface area contributed by atoms with E-state index in [9.17, 15) is 9.59 Å². The van der Waals surface area contributed by atoms with Crippen molar-refractivity contribution in [3.8, 4) is 11.5 Å². The molecule has 2 aromatic carbocycles. The van der Waals surface area contributed by atoms with Crippen LogP contribution in [0.1, 0.15) is 17.5 Å². The van der Waals surface area contributed by atoms with Crippen molar-refractivity contribution in [1.29, 1.82) is 0 Å². The van der Waals surface area contributed by atoms with Crippen LogP contribution in [0.2, 0.25) is 0 Å². The third kappa shape index (κ3) is 5.47. The Morgan fingerprint density at radius 1 is 1.04 bits per heavy atom. The van der Waals surface area contributed by atoms with Crippen LogP contribution in [0.25, 0.3) is 0 Å². The van der Waals surface area contributed by atoms with Gasteiger partial charge in [-0.2, -0.15) is 0 Å². The minimum Gasteiger partial charge on any atom is -0.486 e. The monoisotopic (exact) mass is 432 g/mol. The lowest BCUT2D eigenvalue weighted by Gasteiger charge is -2.18. The first-order valence-corrected chi connectivity index (χ1v) is 9.52. The lowest BCUT2D eigenvalue weighted by Crippen LogP contribution is -2.29. The number of amides is 2. The molecular weight excluding hydrogens is 412 g/mol. The van der Waals surface area contributed by atoms with E-state index in [1.807, 2.05) is 43.3 Å². The van der Waals surface area contributed by atoms with E-state index in [0.29, 0.717) is 24.7 Å². The van der Waals surface area contributed by atoms with E-state index < -0.39 is 0 Å². The Hall–Kier alpha value is -2.54. The normalized spacial score (nSPS) is 12.4. The van der Waals surface area contributed by atoms with Gasteiger partial charge >= 0.3 is 0 Å². The summed E-state index contributed by atoms with van der Waals surface area (Å²) in [5, 5.41) is 5.63. The number of benzene rings is 2. The zero-order valence-corrected chi connectivity index (χ0v) is 16.6. The quantitative estimate of drug-likeness (QED) is 0.734. The Labute approximate surface area is 166 Å². The number of carbonyl (C=O) groups is 2. The van der Waals surface area contributed by atoms with E-state index in [2.05, 4.69) is 26.6 Å². The molecule has 0 saturated carbocycles. The molecule has 0 unspecified atom stereocenters. The highest BCUT2D eigenvalue weighted by atomic mass is 79.9. The lowest BCUT2D eigenvalue weighted by atomic mass is 10.1. The molecule has 0 spiro atoms. The van der Waals surface area contributed by atoms with Crippen molar-refractivity contribution in [1.82, 2.24) is 5.32 Å². The number of hydrogen-bond acceptors (Lipinski definition) is 4. The first kappa shape index (κ1) is 19.2. The Balaban J connectivity index is 1.44. The van der Waals surface area contributed by atoms with Crippen LogP contribution >= 0.6 is 15.9 Å². The lowest BCUT2D eigenvalue weighted by molar-refractivity contribution is -0.120. The number of aryl methyl sites for hydroxylation is 1. The van der Waals surface area contributed by atoms with E-state index in [1.165, 1.54) is 0 Å². The van der Waals surface area contributed by atoms with Gasteiger partial charge in [0.1, 0.15) is 13.2 Å². The molecule has 0 fully saturated rings. The number of rotatable bonds is 6. The smallest absolute Gasteiger partial charge is 0.226 e. The first-order valence-electron chi connectivity index (χ1n) is 8.72. The molecule has 3 rings (SSSR count). The number of hydrogen-bond donors (Lipinski definition) is 2. The number of anilines is 1. The van der Waals surface area contributed by atoms with Gasteiger partial charge in [0.2, 0.25) is 11.8 Å². The SMILES string of the molecule is Cc1ccc(Br)cc1NC(=O)CCNC(=O)Cc1ccc2c(c1)OCCO2. The third-order valence-corrected chi connectivity index (χ3v) is 4.61. The van der Waals surface area contributed by atoms with Crippen LogP contribution < -0.4 is 20.1 Å². The fourth-order valence-electron chi connectivity index (χ4n) is 2.70. The second-order valence-electron chi connectivity index (χ2n) is 6.26. The highest BCUT2D eigenvalue weighted by Crippen LogP contribution is 2.30. The van der Waals surface area contributed by atoms with Crippen molar-refractivity contribution in [2.24, 2.45) is 0 Å². The van der Waals surface area contributed by atoms with Crippen LogP contribution in [0.5, 0.6) is 11.5 Å². The summed E-state index contributed by atoms with van der Waals surface area (Å²) in [6.07, 6.45) is 0.432. The Morgan fingerprint density at radius 2 is 1.81 bits per heavy atom. The number of carbonyl (C=O) groups excluding carboxylic acids is 2. The average Bonchev–Trinajstić information content (AvgIpc) is 2.64. The van der Waals surface area contributed by atoms with E-state index in [0.717, 1.165) is 21.3 Å². The summed E-state index contributed by atoms with van der Waals surface area (Å²) < 4.78 is 11.9. The molecule has 1 aliphatic rings. The molecule has 2 N–H and O–H groups in total. The molecule has 142 valence electrons. The van der Waals surface area contributed by atoms with Gasteiger partial charge in [0, 0.05) is 23.1 Å². The fourth-order valence-corrected chi connectivity index (χ4v) is 3.06. The number of halogens is 1. The predicted octanol–water partition coefficient (Wildman–Crippen LogP) is 3.22. The molecular formula is C20H21BrN2O4. The van der Waals surface area contributed by atoms with Gasteiger partial charge in [-0.3, -0.25) is 9.59 Å². The van der Waals surface area contributed by atoms with E-state index >= 15 is 0 Å². The molecule has 0 saturated heterocycles. The topological polar surface area (TPSA) is 76.7 Å². The van der Waals surface area contributed by atoms with E-state index in [4.69, 9.17) is 9.47 Å².